The van der Waals surface area contributed by atoms with Crippen LogP contribution >= 0.6 is 23.2 Å². The molecular weight excluding hydrogens is 453 g/mol. The summed E-state index contributed by atoms with van der Waals surface area (Å²) in [5, 5.41) is 6.42. The van der Waals surface area contributed by atoms with E-state index in [0.29, 0.717) is 33.1 Å². The molecule has 2 amide bonds. The highest BCUT2D eigenvalue weighted by atomic mass is 35.5. The number of rotatable bonds is 7. The van der Waals surface area contributed by atoms with Crippen molar-refractivity contribution in [2.24, 2.45) is 0 Å². The zero-order chi connectivity index (χ0) is 22.5. The molecule has 0 saturated carbocycles. The van der Waals surface area contributed by atoms with Crippen molar-refractivity contribution < 1.29 is 18.4 Å². The Morgan fingerprint density at radius 2 is 1.81 bits per heavy atom. The smallest absolute Gasteiger partial charge is 0.291 e. The summed E-state index contributed by atoms with van der Waals surface area (Å²) in [5.41, 5.74) is 1.49. The minimum absolute atomic E-state index is 0.122. The minimum atomic E-state index is -0.459. The fraction of sp³-hybridized carbons (Fsp3) is 0.0870. The maximum Gasteiger partial charge on any atom is 0.291 e. The van der Waals surface area contributed by atoms with E-state index >= 15 is 0 Å². The van der Waals surface area contributed by atoms with Crippen molar-refractivity contribution in [3.8, 4) is 11.3 Å². The second-order valence-electron chi connectivity index (χ2n) is 6.77. The lowest BCUT2D eigenvalue weighted by atomic mass is 10.2. The normalized spacial score (nSPS) is 10.7. The van der Waals surface area contributed by atoms with Gasteiger partial charge in [0.1, 0.15) is 0 Å². The number of anilines is 2. The van der Waals surface area contributed by atoms with E-state index in [9.17, 15) is 9.59 Å². The number of aromatic nitrogens is 1. The number of aryl methyl sites for hydroxylation is 1. The van der Waals surface area contributed by atoms with Gasteiger partial charge in [-0.05, 0) is 42.5 Å². The number of hydrogen-bond acceptors (Lipinski definition) is 5. The van der Waals surface area contributed by atoms with Crippen LogP contribution in [0.3, 0.4) is 0 Å². The summed E-state index contributed by atoms with van der Waals surface area (Å²) in [6, 6.07) is 15.2. The number of benzene rings is 2. The van der Waals surface area contributed by atoms with Gasteiger partial charge in [0.15, 0.2) is 17.4 Å². The van der Waals surface area contributed by atoms with Crippen LogP contribution in [0.2, 0.25) is 10.0 Å². The average molecular weight is 470 g/mol. The molecule has 2 N–H and O–H groups in total. The first kappa shape index (κ1) is 21.7. The molecule has 4 aromatic rings. The lowest BCUT2D eigenvalue weighted by Crippen LogP contribution is -2.16. The molecule has 4 rings (SSSR count). The summed E-state index contributed by atoms with van der Waals surface area (Å²) in [6.07, 6.45) is 3.39. The van der Waals surface area contributed by atoms with E-state index in [4.69, 9.17) is 32.0 Å². The molecule has 0 atom stereocenters. The van der Waals surface area contributed by atoms with Crippen molar-refractivity contribution in [2.75, 3.05) is 10.6 Å². The number of oxazole rings is 1. The molecule has 0 saturated heterocycles. The van der Waals surface area contributed by atoms with Crippen LogP contribution in [0.5, 0.6) is 0 Å². The number of nitrogens with zero attached hydrogens (tertiary/aromatic N) is 1. The first-order chi connectivity index (χ1) is 15.5. The fourth-order valence-corrected chi connectivity index (χ4v) is 3.37. The van der Waals surface area contributed by atoms with E-state index in [2.05, 4.69) is 15.6 Å². The lowest BCUT2D eigenvalue weighted by molar-refractivity contribution is -0.116. The summed E-state index contributed by atoms with van der Waals surface area (Å²) in [6.45, 7) is 0. The van der Waals surface area contributed by atoms with Gasteiger partial charge in [-0.2, -0.15) is 0 Å². The maximum atomic E-state index is 12.5. The van der Waals surface area contributed by atoms with Crippen molar-refractivity contribution in [3.63, 3.8) is 0 Å². The average Bonchev–Trinajstić information content (AvgIpc) is 3.47. The van der Waals surface area contributed by atoms with Crippen LogP contribution in [0.1, 0.15) is 22.9 Å². The van der Waals surface area contributed by atoms with Gasteiger partial charge in [0, 0.05) is 23.4 Å². The third-order valence-electron chi connectivity index (χ3n) is 4.51. The van der Waals surface area contributed by atoms with Gasteiger partial charge in [0.2, 0.25) is 5.91 Å². The van der Waals surface area contributed by atoms with Gasteiger partial charge in [0.25, 0.3) is 5.91 Å². The first-order valence-corrected chi connectivity index (χ1v) is 10.4. The van der Waals surface area contributed by atoms with Crippen LogP contribution in [-0.2, 0) is 11.2 Å². The van der Waals surface area contributed by atoms with Crippen LogP contribution in [0, 0.1) is 0 Å². The van der Waals surface area contributed by atoms with E-state index in [1.807, 2.05) is 18.2 Å². The predicted molar refractivity (Wildman–Crippen MR) is 122 cm³/mol. The fourth-order valence-electron chi connectivity index (χ4n) is 2.97. The van der Waals surface area contributed by atoms with E-state index < -0.39 is 5.91 Å². The van der Waals surface area contributed by atoms with E-state index in [-0.39, 0.29) is 24.5 Å². The Hall–Kier alpha value is -3.55. The molecule has 0 unspecified atom stereocenters. The van der Waals surface area contributed by atoms with E-state index in [1.165, 1.54) is 12.3 Å². The summed E-state index contributed by atoms with van der Waals surface area (Å²) < 4.78 is 10.8. The molecule has 2 aromatic heterocycles. The molecule has 0 aliphatic rings. The summed E-state index contributed by atoms with van der Waals surface area (Å²) in [7, 11) is 0. The Bertz CT molecular complexity index is 1250. The molecule has 2 heterocycles. The summed E-state index contributed by atoms with van der Waals surface area (Å²) in [5.74, 6) is 0.350. The molecule has 0 bridgehead atoms. The molecule has 162 valence electrons. The minimum Gasteiger partial charge on any atom is -0.459 e. The van der Waals surface area contributed by atoms with Crippen molar-refractivity contribution in [1.29, 1.82) is 0 Å². The van der Waals surface area contributed by atoms with Crippen LogP contribution in [0.25, 0.3) is 11.3 Å². The molecule has 0 aliphatic carbocycles. The lowest BCUT2D eigenvalue weighted by Gasteiger charge is -2.12. The molecule has 0 radical (unpaired) electrons. The van der Waals surface area contributed by atoms with Gasteiger partial charge in [-0.1, -0.05) is 35.3 Å². The summed E-state index contributed by atoms with van der Waals surface area (Å²) in [4.78, 5) is 29.0. The first-order valence-electron chi connectivity index (χ1n) is 9.63. The molecule has 0 aliphatic heterocycles. The number of amides is 2. The zero-order valence-corrected chi connectivity index (χ0v) is 18.1. The van der Waals surface area contributed by atoms with Crippen LogP contribution in [-0.4, -0.2) is 16.8 Å². The SMILES string of the molecule is O=C(CCc1ncc(-c2ccccc2Cl)o1)Nc1ccc(Cl)cc1NC(=O)c1ccco1. The molecule has 32 heavy (non-hydrogen) atoms. The second-order valence-corrected chi connectivity index (χ2v) is 7.61. The van der Waals surface area contributed by atoms with E-state index in [0.717, 1.165) is 5.56 Å². The Morgan fingerprint density at radius 1 is 0.969 bits per heavy atom. The number of nitrogens with one attached hydrogen (secondary N) is 2. The standard InChI is InChI=1S/C23H17Cl2N3O4/c24-14-7-8-17(18(12-14)28-23(30)19-6-3-11-31-19)27-21(29)9-10-22-26-13-20(32-22)15-4-1-2-5-16(15)25/h1-8,11-13H,9-10H2,(H,27,29)(H,28,30). The third kappa shape index (κ3) is 5.19. The number of carbonyl (C=O) groups is 2. The van der Waals surface area contributed by atoms with Crippen molar-refractivity contribution in [1.82, 2.24) is 4.98 Å². The molecule has 9 heteroatoms. The molecular formula is C23H17Cl2N3O4. The Kier molecular flexibility index (Phi) is 6.58. The second kappa shape index (κ2) is 9.72. The Labute approximate surface area is 193 Å². The topological polar surface area (TPSA) is 97.4 Å². The van der Waals surface area contributed by atoms with Crippen molar-refractivity contribution >= 4 is 46.4 Å². The van der Waals surface area contributed by atoms with Crippen LogP contribution < -0.4 is 10.6 Å². The number of carbonyl (C=O) groups excluding carboxylic acids is 2. The summed E-state index contributed by atoms with van der Waals surface area (Å²) >= 11 is 12.2. The molecule has 2 aromatic carbocycles. The monoisotopic (exact) mass is 469 g/mol. The largest absolute Gasteiger partial charge is 0.459 e. The number of furan rings is 1. The third-order valence-corrected chi connectivity index (χ3v) is 5.07. The van der Waals surface area contributed by atoms with Crippen LogP contribution in [0.15, 0.2) is 75.9 Å². The maximum absolute atomic E-state index is 12.5. The molecule has 0 spiro atoms. The number of hydrogen-bond donors (Lipinski definition) is 2. The van der Waals surface area contributed by atoms with Gasteiger partial charge in [-0.25, -0.2) is 4.98 Å². The highest BCUT2D eigenvalue weighted by Crippen LogP contribution is 2.29. The Morgan fingerprint density at radius 3 is 2.59 bits per heavy atom. The van der Waals surface area contributed by atoms with Crippen molar-refractivity contribution in [3.05, 3.63) is 88.8 Å². The van der Waals surface area contributed by atoms with Gasteiger partial charge in [0.05, 0.1) is 28.9 Å². The van der Waals surface area contributed by atoms with Crippen LogP contribution in [0.4, 0.5) is 11.4 Å². The van der Waals surface area contributed by atoms with Gasteiger partial charge in [-0.15, -0.1) is 0 Å². The van der Waals surface area contributed by atoms with Gasteiger partial charge < -0.3 is 19.5 Å². The predicted octanol–water partition coefficient (Wildman–Crippen LogP) is 6.07. The zero-order valence-electron chi connectivity index (χ0n) is 16.6. The number of halogens is 2. The van der Waals surface area contributed by atoms with Gasteiger partial charge >= 0.3 is 0 Å². The molecule has 7 nitrogen and oxygen atoms in total. The molecule has 0 fully saturated rings. The highest BCUT2D eigenvalue weighted by Gasteiger charge is 2.15. The quantitative estimate of drug-likeness (QED) is 0.342. The highest BCUT2D eigenvalue weighted by molar-refractivity contribution is 6.33. The van der Waals surface area contributed by atoms with Crippen molar-refractivity contribution in [2.45, 2.75) is 12.8 Å². The van der Waals surface area contributed by atoms with Gasteiger partial charge in [-0.3, -0.25) is 9.59 Å². The van der Waals surface area contributed by atoms with E-state index in [1.54, 1.807) is 36.5 Å². The Balaban J connectivity index is 1.39.